The summed E-state index contributed by atoms with van der Waals surface area (Å²) in [6, 6.07) is 12.5. The monoisotopic (exact) mass is 413 g/mol. The van der Waals surface area contributed by atoms with Gasteiger partial charge in [-0.1, -0.05) is 37.3 Å². The molecule has 1 amide bonds. The number of rotatable bonds is 5. The van der Waals surface area contributed by atoms with Crippen molar-refractivity contribution in [3.63, 3.8) is 0 Å². The number of ether oxygens (including phenoxy) is 1. The molecule has 0 radical (unpaired) electrons. The van der Waals surface area contributed by atoms with E-state index in [4.69, 9.17) is 4.74 Å². The van der Waals surface area contributed by atoms with E-state index in [0.29, 0.717) is 37.8 Å². The quantitative estimate of drug-likeness (QED) is 0.626. The largest absolute Gasteiger partial charge is 0.484 e. The number of piperazine rings is 1. The minimum atomic E-state index is -0.248. The molecular formula is C22H24FN3O2S. The first kappa shape index (κ1) is 19.6. The summed E-state index contributed by atoms with van der Waals surface area (Å²) in [5.74, 6) is 0.922. The number of fused-ring (bicyclic) bond motifs is 1. The fraction of sp³-hybridized carbons (Fsp3) is 0.364. The van der Waals surface area contributed by atoms with Gasteiger partial charge in [-0.15, -0.1) is 0 Å². The third-order valence-corrected chi connectivity index (χ3v) is 6.23. The maximum absolute atomic E-state index is 13.4. The maximum Gasteiger partial charge on any atom is 0.260 e. The van der Waals surface area contributed by atoms with Crippen LogP contribution in [0.3, 0.4) is 0 Å². The van der Waals surface area contributed by atoms with E-state index < -0.39 is 0 Å². The molecule has 1 aliphatic heterocycles. The van der Waals surface area contributed by atoms with Gasteiger partial charge in [-0.25, -0.2) is 9.37 Å². The molecule has 152 valence electrons. The second kappa shape index (κ2) is 8.37. The third-order valence-electron chi connectivity index (χ3n) is 5.15. The zero-order chi connectivity index (χ0) is 20.4. The Hall–Kier alpha value is -2.67. The number of halogens is 1. The summed E-state index contributed by atoms with van der Waals surface area (Å²) in [6.45, 7) is 6.99. The van der Waals surface area contributed by atoms with Gasteiger partial charge in [-0.05, 0) is 41.8 Å². The second-order valence-corrected chi connectivity index (χ2v) is 8.50. The molecule has 1 aliphatic rings. The normalized spacial score (nSPS) is 14.6. The smallest absolute Gasteiger partial charge is 0.260 e. The van der Waals surface area contributed by atoms with Crippen molar-refractivity contribution in [1.82, 2.24) is 9.88 Å². The number of hydrogen-bond donors (Lipinski definition) is 0. The van der Waals surface area contributed by atoms with Gasteiger partial charge < -0.3 is 14.5 Å². The number of hydrogen-bond acceptors (Lipinski definition) is 5. The molecule has 4 rings (SSSR count). The van der Waals surface area contributed by atoms with Gasteiger partial charge in [-0.3, -0.25) is 4.79 Å². The number of benzene rings is 2. The van der Waals surface area contributed by atoms with E-state index >= 15 is 0 Å². The number of aromatic nitrogens is 1. The first-order chi connectivity index (χ1) is 14.0. The lowest BCUT2D eigenvalue weighted by molar-refractivity contribution is -0.133. The lowest BCUT2D eigenvalue weighted by Crippen LogP contribution is -2.50. The van der Waals surface area contributed by atoms with Crippen molar-refractivity contribution in [2.45, 2.75) is 19.8 Å². The molecule has 1 saturated heterocycles. The molecule has 0 bridgehead atoms. The van der Waals surface area contributed by atoms with Crippen molar-refractivity contribution in [1.29, 1.82) is 0 Å². The summed E-state index contributed by atoms with van der Waals surface area (Å²) in [5.41, 5.74) is 2.05. The number of anilines is 1. The van der Waals surface area contributed by atoms with Crippen LogP contribution in [0.2, 0.25) is 0 Å². The molecule has 1 aromatic heterocycles. The van der Waals surface area contributed by atoms with E-state index in [0.717, 1.165) is 15.3 Å². The predicted octanol–water partition coefficient (Wildman–Crippen LogP) is 4.29. The van der Waals surface area contributed by atoms with Crippen LogP contribution in [0.4, 0.5) is 9.52 Å². The first-order valence-corrected chi connectivity index (χ1v) is 10.6. The average Bonchev–Trinajstić information content (AvgIpc) is 3.15. The SMILES string of the molecule is CC(C)c1ccc(OCC(=O)N2CCN(c3nc4ccc(F)cc4s3)CC2)cc1. The second-order valence-electron chi connectivity index (χ2n) is 7.49. The zero-order valence-electron chi connectivity index (χ0n) is 16.6. The lowest BCUT2D eigenvalue weighted by atomic mass is 10.0. The van der Waals surface area contributed by atoms with Crippen LogP contribution >= 0.6 is 11.3 Å². The van der Waals surface area contributed by atoms with Crippen molar-refractivity contribution in [2.75, 3.05) is 37.7 Å². The van der Waals surface area contributed by atoms with Crippen LogP contribution in [0.5, 0.6) is 5.75 Å². The van der Waals surface area contributed by atoms with E-state index in [1.165, 1.54) is 29.0 Å². The van der Waals surface area contributed by atoms with E-state index in [-0.39, 0.29) is 18.3 Å². The molecular weight excluding hydrogens is 389 g/mol. The van der Waals surface area contributed by atoms with Crippen molar-refractivity contribution in [2.24, 2.45) is 0 Å². The Morgan fingerprint density at radius 2 is 1.86 bits per heavy atom. The Balaban J connectivity index is 1.29. The van der Waals surface area contributed by atoms with Crippen LogP contribution in [-0.2, 0) is 4.79 Å². The highest BCUT2D eigenvalue weighted by Crippen LogP contribution is 2.30. The zero-order valence-corrected chi connectivity index (χ0v) is 17.4. The molecule has 0 saturated carbocycles. The standard InChI is InChI=1S/C22H24FN3O2S/c1-15(2)16-3-6-18(7-4-16)28-14-21(27)25-9-11-26(12-10-25)22-24-19-8-5-17(23)13-20(19)29-22/h3-8,13,15H,9-12,14H2,1-2H3. The fourth-order valence-electron chi connectivity index (χ4n) is 3.35. The summed E-state index contributed by atoms with van der Waals surface area (Å²) >= 11 is 1.48. The van der Waals surface area contributed by atoms with Gasteiger partial charge in [0.2, 0.25) is 0 Å². The lowest BCUT2D eigenvalue weighted by Gasteiger charge is -2.34. The Morgan fingerprint density at radius 1 is 1.14 bits per heavy atom. The minimum Gasteiger partial charge on any atom is -0.484 e. The van der Waals surface area contributed by atoms with Crippen LogP contribution < -0.4 is 9.64 Å². The maximum atomic E-state index is 13.4. The van der Waals surface area contributed by atoms with Crippen LogP contribution in [0, 0.1) is 5.82 Å². The molecule has 0 spiro atoms. The molecule has 1 fully saturated rings. The topological polar surface area (TPSA) is 45.7 Å². The number of carbonyl (C=O) groups is 1. The number of nitrogens with zero attached hydrogens (tertiary/aromatic N) is 3. The summed E-state index contributed by atoms with van der Waals surface area (Å²) in [7, 11) is 0. The Labute approximate surface area is 173 Å². The van der Waals surface area contributed by atoms with E-state index in [2.05, 4.69) is 23.7 Å². The summed E-state index contributed by atoms with van der Waals surface area (Å²) in [4.78, 5) is 21.1. The molecule has 0 unspecified atom stereocenters. The van der Waals surface area contributed by atoms with Crippen molar-refractivity contribution in [3.8, 4) is 5.75 Å². The van der Waals surface area contributed by atoms with Crippen molar-refractivity contribution in [3.05, 3.63) is 53.8 Å². The van der Waals surface area contributed by atoms with Gasteiger partial charge in [0.15, 0.2) is 11.7 Å². The predicted molar refractivity (Wildman–Crippen MR) is 114 cm³/mol. The van der Waals surface area contributed by atoms with Gasteiger partial charge in [0.25, 0.3) is 5.91 Å². The third kappa shape index (κ3) is 4.50. The van der Waals surface area contributed by atoms with Crippen molar-refractivity contribution < 1.29 is 13.9 Å². The molecule has 0 aliphatic carbocycles. The van der Waals surface area contributed by atoms with Gasteiger partial charge in [-0.2, -0.15) is 0 Å². The van der Waals surface area contributed by atoms with E-state index in [9.17, 15) is 9.18 Å². The molecule has 29 heavy (non-hydrogen) atoms. The summed E-state index contributed by atoms with van der Waals surface area (Å²) < 4.78 is 19.9. The molecule has 3 aromatic rings. The van der Waals surface area contributed by atoms with Gasteiger partial charge in [0, 0.05) is 26.2 Å². The van der Waals surface area contributed by atoms with Gasteiger partial charge >= 0.3 is 0 Å². The fourth-order valence-corrected chi connectivity index (χ4v) is 4.40. The van der Waals surface area contributed by atoms with Crippen LogP contribution in [0.15, 0.2) is 42.5 Å². The highest BCUT2D eigenvalue weighted by atomic mass is 32.1. The number of amides is 1. The average molecular weight is 414 g/mol. The van der Waals surface area contributed by atoms with Crippen molar-refractivity contribution >= 4 is 32.6 Å². The van der Waals surface area contributed by atoms with Crippen LogP contribution in [0.25, 0.3) is 10.2 Å². The number of thiazole rings is 1. The molecule has 0 atom stereocenters. The molecule has 0 N–H and O–H groups in total. The van der Waals surface area contributed by atoms with E-state index in [1.54, 1.807) is 6.07 Å². The molecule has 5 nitrogen and oxygen atoms in total. The number of carbonyl (C=O) groups excluding carboxylic acids is 1. The highest BCUT2D eigenvalue weighted by Gasteiger charge is 2.23. The summed E-state index contributed by atoms with van der Waals surface area (Å²) in [6.07, 6.45) is 0. The first-order valence-electron chi connectivity index (χ1n) is 9.81. The van der Waals surface area contributed by atoms with E-state index in [1.807, 2.05) is 29.2 Å². The Morgan fingerprint density at radius 3 is 2.55 bits per heavy atom. The minimum absolute atomic E-state index is 0.0102. The summed E-state index contributed by atoms with van der Waals surface area (Å²) in [5, 5.41) is 0.874. The Bertz CT molecular complexity index is 995. The van der Waals surface area contributed by atoms with Crippen LogP contribution in [-0.4, -0.2) is 48.6 Å². The van der Waals surface area contributed by atoms with Gasteiger partial charge in [0.1, 0.15) is 11.6 Å². The highest BCUT2D eigenvalue weighted by molar-refractivity contribution is 7.22. The van der Waals surface area contributed by atoms with Gasteiger partial charge in [0.05, 0.1) is 10.2 Å². The molecule has 2 aromatic carbocycles. The Kier molecular flexibility index (Phi) is 5.67. The molecule has 2 heterocycles. The molecule has 7 heteroatoms. The van der Waals surface area contributed by atoms with Crippen LogP contribution in [0.1, 0.15) is 25.3 Å².